The van der Waals surface area contributed by atoms with Crippen LogP contribution in [-0.4, -0.2) is 32.1 Å². The van der Waals surface area contributed by atoms with E-state index in [1.807, 2.05) is 6.92 Å². The van der Waals surface area contributed by atoms with Crippen LogP contribution in [-0.2, 0) is 4.79 Å². The first-order valence-electron chi connectivity index (χ1n) is 10.3. The lowest BCUT2D eigenvalue weighted by atomic mass is 10.1. The van der Waals surface area contributed by atoms with Crippen molar-refractivity contribution in [1.29, 1.82) is 0 Å². The molecule has 33 heavy (non-hydrogen) atoms. The molecule has 0 bridgehead atoms. The van der Waals surface area contributed by atoms with Gasteiger partial charge in [-0.25, -0.2) is 4.39 Å². The first kappa shape index (κ1) is 23.6. The normalized spacial score (nSPS) is 10.3. The van der Waals surface area contributed by atoms with Crippen LogP contribution >= 0.6 is 0 Å². The lowest BCUT2D eigenvalue weighted by Gasteiger charge is -2.13. The van der Waals surface area contributed by atoms with Gasteiger partial charge < -0.3 is 24.8 Å². The third kappa shape index (κ3) is 6.46. The predicted molar refractivity (Wildman–Crippen MR) is 124 cm³/mol. The molecule has 2 N–H and O–H groups in total. The van der Waals surface area contributed by atoms with Gasteiger partial charge in [-0.15, -0.1) is 0 Å². The van der Waals surface area contributed by atoms with Gasteiger partial charge in [0.2, 0.25) is 0 Å². The van der Waals surface area contributed by atoms with Gasteiger partial charge >= 0.3 is 0 Å². The van der Waals surface area contributed by atoms with E-state index in [-0.39, 0.29) is 18.3 Å². The van der Waals surface area contributed by atoms with Gasteiger partial charge in [-0.1, -0.05) is 6.07 Å². The second-order valence-electron chi connectivity index (χ2n) is 7.07. The zero-order chi connectivity index (χ0) is 23.8. The molecule has 0 unspecified atom stereocenters. The van der Waals surface area contributed by atoms with Crippen LogP contribution in [0.1, 0.15) is 22.8 Å². The summed E-state index contributed by atoms with van der Waals surface area (Å²) in [5.74, 6) is 0.0747. The lowest BCUT2D eigenvalue weighted by Crippen LogP contribution is -2.20. The van der Waals surface area contributed by atoms with Crippen LogP contribution in [0.3, 0.4) is 0 Å². The largest absolute Gasteiger partial charge is 0.494 e. The minimum Gasteiger partial charge on any atom is -0.494 e. The Labute approximate surface area is 191 Å². The van der Waals surface area contributed by atoms with Crippen LogP contribution in [0.2, 0.25) is 0 Å². The molecule has 0 aliphatic heterocycles. The number of amides is 2. The summed E-state index contributed by atoms with van der Waals surface area (Å²) < 4.78 is 29.7. The van der Waals surface area contributed by atoms with Crippen molar-refractivity contribution in [3.63, 3.8) is 0 Å². The van der Waals surface area contributed by atoms with Gasteiger partial charge in [-0.3, -0.25) is 9.59 Å². The van der Waals surface area contributed by atoms with Crippen LogP contribution in [0, 0.1) is 12.7 Å². The number of hydrogen-bond acceptors (Lipinski definition) is 5. The van der Waals surface area contributed by atoms with E-state index >= 15 is 0 Å². The summed E-state index contributed by atoms with van der Waals surface area (Å²) in [7, 11) is 1.43. The summed E-state index contributed by atoms with van der Waals surface area (Å²) in [6, 6.07) is 15.7. The Morgan fingerprint density at radius 2 is 1.67 bits per heavy atom. The minimum absolute atomic E-state index is 0.252. The number of halogens is 1. The average molecular weight is 452 g/mol. The fourth-order valence-corrected chi connectivity index (χ4v) is 2.99. The van der Waals surface area contributed by atoms with Crippen LogP contribution in [0.25, 0.3) is 0 Å². The molecular weight excluding hydrogens is 427 g/mol. The lowest BCUT2D eigenvalue weighted by molar-refractivity contribution is -0.118. The Morgan fingerprint density at radius 1 is 0.909 bits per heavy atom. The van der Waals surface area contributed by atoms with Gasteiger partial charge in [0, 0.05) is 16.9 Å². The van der Waals surface area contributed by atoms with Crippen molar-refractivity contribution in [3.05, 3.63) is 77.6 Å². The number of ether oxygens (including phenoxy) is 3. The Balaban J connectivity index is 1.61. The number of aryl methyl sites for hydroxylation is 1. The van der Waals surface area contributed by atoms with E-state index in [9.17, 15) is 14.0 Å². The summed E-state index contributed by atoms with van der Waals surface area (Å²) in [6.07, 6.45) is 0. The van der Waals surface area contributed by atoms with Gasteiger partial charge in [0.15, 0.2) is 18.1 Å². The Morgan fingerprint density at radius 3 is 2.36 bits per heavy atom. The average Bonchev–Trinajstić information content (AvgIpc) is 2.81. The van der Waals surface area contributed by atoms with Crippen molar-refractivity contribution in [2.75, 3.05) is 31.0 Å². The van der Waals surface area contributed by atoms with E-state index in [1.165, 1.54) is 37.4 Å². The summed E-state index contributed by atoms with van der Waals surface area (Å²) >= 11 is 0. The molecule has 0 spiro atoms. The molecule has 3 aromatic carbocycles. The fourth-order valence-electron chi connectivity index (χ4n) is 2.99. The highest BCUT2D eigenvalue weighted by Crippen LogP contribution is 2.29. The van der Waals surface area contributed by atoms with Gasteiger partial charge in [-0.2, -0.15) is 0 Å². The second kappa shape index (κ2) is 11.0. The van der Waals surface area contributed by atoms with Crippen molar-refractivity contribution in [1.82, 2.24) is 0 Å². The molecule has 0 saturated carbocycles. The highest BCUT2D eigenvalue weighted by atomic mass is 19.1. The zero-order valence-corrected chi connectivity index (χ0v) is 18.6. The van der Waals surface area contributed by atoms with Gasteiger partial charge in [-0.05, 0) is 74.0 Å². The minimum atomic E-state index is -0.444. The molecule has 172 valence electrons. The Bertz CT molecular complexity index is 1130. The van der Waals surface area contributed by atoms with E-state index in [2.05, 4.69) is 10.6 Å². The number of carbonyl (C=O) groups excluding carboxylic acids is 2. The van der Waals surface area contributed by atoms with Crippen LogP contribution < -0.4 is 24.8 Å². The molecule has 3 aromatic rings. The molecule has 0 atom stereocenters. The molecule has 0 radical (unpaired) electrons. The molecule has 3 rings (SSSR count). The summed E-state index contributed by atoms with van der Waals surface area (Å²) in [5, 5.41) is 5.41. The molecule has 0 aromatic heterocycles. The van der Waals surface area contributed by atoms with E-state index in [0.29, 0.717) is 35.0 Å². The topological polar surface area (TPSA) is 85.9 Å². The number of rotatable bonds is 9. The van der Waals surface area contributed by atoms with Gasteiger partial charge in [0.25, 0.3) is 11.8 Å². The smallest absolute Gasteiger partial charge is 0.262 e. The van der Waals surface area contributed by atoms with Crippen molar-refractivity contribution in [3.8, 4) is 17.2 Å². The monoisotopic (exact) mass is 452 g/mol. The van der Waals surface area contributed by atoms with Crippen molar-refractivity contribution in [2.24, 2.45) is 0 Å². The number of methoxy groups -OCH3 is 1. The quantitative estimate of drug-likeness (QED) is 0.487. The van der Waals surface area contributed by atoms with Crippen LogP contribution in [0.15, 0.2) is 60.7 Å². The van der Waals surface area contributed by atoms with Crippen molar-refractivity contribution in [2.45, 2.75) is 13.8 Å². The van der Waals surface area contributed by atoms with E-state index < -0.39 is 11.7 Å². The second-order valence-corrected chi connectivity index (χ2v) is 7.07. The third-order valence-corrected chi connectivity index (χ3v) is 4.68. The van der Waals surface area contributed by atoms with Crippen LogP contribution in [0.5, 0.6) is 17.2 Å². The molecule has 7 nitrogen and oxygen atoms in total. The van der Waals surface area contributed by atoms with E-state index in [1.54, 1.807) is 37.3 Å². The molecule has 0 saturated heterocycles. The van der Waals surface area contributed by atoms with Gasteiger partial charge in [0.1, 0.15) is 11.6 Å². The first-order chi connectivity index (χ1) is 15.9. The van der Waals surface area contributed by atoms with Crippen molar-refractivity contribution < 1.29 is 28.2 Å². The number of hydrogen-bond donors (Lipinski definition) is 2. The standard InChI is InChI=1S/C25H25FN2O5/c1-4-32-20-10-8-19(9-11-20)27-24(29)15-33-22-12-6-17(13-23(22)31-3)25(30)28-21-14-18(26)7-5-16(21)2/h5-14H,4,15H2,1-3H3,(H,27,29)(H,28,30). The van der Waals surface area contributed by atoms with Gasteiger partial charge in [0.05, 0.1) is 13.7 Å². The predicted octanol–water partition coefficient (Wildman–Crippen LogP) is 4.81. The zero-order valence-electron chi connectivity index (χ0n) is 18.6. The maximum atomic E-state index is 13.5. The molecular formula is C25H25FN2O5. The Hall–Kier alpha value is -4.07. The fraction of sp³-hybridized carbons (Fsp3) is 0.200. The molecule has 0 fully saturated rings. The summed E-state index contributed by atoms with van der Waals surface area (Å²) in [6.45, 7) is 3.97. The highest BCUT2D eigenvalue weighted by Gasteiger charge is 2.14. The number of anilines is 2. The maximum Gasteiger partial charge on any atom is 0.262 e. The number of carbonyl (C=O) groups is 2. The first-order valence-corrected chi connectivity index (χ1v) is 10.3. The van der Waals surface area contributed by atoms with E-state index in [0.717, 1.165) is 5.56 Å². The SMILES string of the molecule is CCOc1ccc(NC(=O)COc2ccc(C(=O)Nc3cc(F)ccc3C)cc2OC)cc1. The highest BCUT2D eigenvalue weighted by molar-refractivity contribution is 6.05. The van der Waals surface area contributed by atoms with E-state index in [4.69, 9.17) is 14.2 Å². The van der Waals surface area contributed by atoms with Crippen molar-refractivity contribution >= 4 is 23.2 Å². The molecule has 2 amide bonds. The number of benzene rings is 3. The molecule has 8 heteroatoms. The van der Waals surface area contributed by atoms with Crippen LogP contribution in [0.4, 0.5) is 15.8 Å². The maximum absolute atomic E-state index is 13.5. The molecule has 0 heterocycles. The molecule has 0 aliphatic rings. The third-order valence-electron chi connectivity index (χ3n) is 4.68. The Kier molecular flexibility index (Phi) is 7.86. The number of nitrogens with one attached hydrogen (secondary N) is 2. The summed E-state index contributed by atoms with van der Waals surface area (Å²) in [4.78, 5) is 24.8. The summed E-state index contributed by atoms with van der Waals surface area (Å²) in [5.41, 5.74) is 2.01. The molecule has 0 aliphatic carbocycles.